The van der Waals surface area contributed by atoms with E-state index in [0.717, 1.165) is 16.0 Å². The van der Waals surface area contributed by atoms with E-state index in [0.29, 0.717) is 22.1 Å². The van der Waals surface area contributed by atoms with Gasteiger partial charge in [-0.15, -0.1) is 0 Å². The van der Waals surface area contributed by atoms with E-state index in [-0.39, 0.29) is 24.7 Å². The van der Waals surface area contributed by atoms with Crippen molar-refractivity contribution in [1.29, 1.82) is 0 Å². The molecule has 0 radical (unpaired) electrons. The molecule has 0 atom stereocenters. The second-order valence-corrected chi connectivity index (χ2v) is 7.77. The van der Waals surface area contributed by atoms with Gasteiger partial charge in [-0.05, 0) is 59.2 Å². The number of ether oxygens (including phenoxy) is 2. The normalized spacial score (nSPS) is 14.5. The Morgan fingerprint density at radius 2 is 1.67 bits per heavy atom. The van der Waals surface area contributed by atoms with Gasteiger partial charge in [-0.3, -0.25) is 9.69 Å². The van der Waals surface area contributed by atoms with Crippen LogP contribution in [0.2, 0.25) is 5.02 Å². The SMILES string of the molecule is COc1cc(C=C2NC(=O)N(Cc3ccc(Cl)cc3)C2=O)ccc1OCc1ccc(F)cc1. The molecule has 8 heteroatoms. The Morgan fingerprint density at radius 3 is 2.36 bits per heavy atom. The number of benzene rings is 3. The Balaban J connectivity index is 1.47. The maximum atomic E-state index is 13.1. The highest BCUT2D eigenvalue weighted by molar-refractivity contribution is 6.30. The first-order valence-corrected chi connectivity index (χ1v) is 10.4. The number of halogens is 2. The summed E-state index contributed by atoms with van der Waals surface area (Å²) >= 11 is 5.89. The van der Waals surface area contributed by atoms with Crippen LogP contribution in [0.3, 0.4) is 0 Å². The van der Waals surface area contributed by atoms with E-state index in [1.807, 2.05) is 0 Å². The number of hydrogen-bond donors (Lipinski definition) is 1. The summed E-state index contributed by atoms with van der Waals surface area (Å²) in [5.74, 6) is 0.218. The topological polar surface area (TPSA) is 67.9 Å². The molecule has 1 saturated heterocycles. The van der Waals surface area contributed by atoms with E-state index in [1.165, 1.54) is 19.2 Å². The average Bonchev–Trinajstić information content (AvgIpc) is 3.07. The lowest BCUT2D eigenvalue weighted by molar-refractivity contribution is -0.123. The molecule has 4 rings (SSSR count). The number of rotatable bonds is 7. The summed E-state index contributed by atoms with van der Waals surface area (Å²) in [7, 11) is 1.51. The highest BCUT2D eigenvalue weighted by Gasteiger charge is 2.33. The lowest BCUT2D eigenvalue weighted by atomic mass is 10.1. The first-order valence-electron chi connectivity index (χ1n) is 10.1. The predicted octanol–water partition coefficient (Wildman–Crippen LogP) is 5.16. The standard InChI is InChI=1S/C25H20ClFN2O4/c1-32-23-13-18(6-11-22(23)33-15-17-4-9-20(27)10-5-17)12-21-24(30)29(25(31)28-21)14-16-2-7-19(26)8-3-16/h2-13H,14-15H2,1H3,(H,28,31). The summed E-state index contributed by atoms with van der Waals surface area (Å²) in [6, 6.07) is 17.6. The van der Waals surface area contributed by atoms with E-state index in [2.05, 4.69) is 5.32 Å². The minimum Gasteiger partial charge on any atom is -0.493 e. The molecule has 1 fully saturated rings. The minimum atomic E-state index is -0.493. The largest absolute Gasteiger partial charge is 0.493 e. The van der Waals surface area contributed by atoms with E-state index in [9.17, 15) is 14.0 Å². The van der Waals surface area contributed by atoms with Gasteiger partial charge in [0.2, 0.25) is 0 Å². The summed E-state index contributed by atoms with van der Waals surface area (Å²) in [5.41, 5.74) is 2.41. The molecule has 1 aliphatic rings. The second kappa shape index (κ2) is 9.75. The van der Waals surface area contributed by atoms with Crippen LogP contribution in [0.1, 0.15) is 16.7 Å². The van der Waals surface area contributed by atoms with Crippen LogP contribution in [0, 0.1) is 5.82 Å². The summed E-state index contributed by atoms with van der Waals surface area (Å²) in [6.45, 7) is 0.379. The molecule has 6 nitrogen and oxygen atoms in total. The second-order valence-electron chi connectivity index (χ2n) is 7.33. The minimum absolute atomic E-state index is 0.138. The van der Waals surface area contributed by atoms with E-state index >= 15 is 0 Å². The number of methoxy groups -OCH3 is 1. The van der Waals surface area contributed by atoms with E-state index in [4.69, 9.17) is 21.1 Å². The van der Waals surface area contributed by atoms with Crippen molar-refractivity contribution < 1.29 is 23.5 Å². The third kappa shape index (κ3) is 5.32. The highest BCUT2D eigenvalue weighted by atomic mass is 35.5. The molecule has 0 unspecified atom stereocenters. The molecular formula is C25H20ClFN2O4. The quantitative estimate of drug-likeness (QED) is 0.386. The molecular weight excluding hydrogens is 447 g/mol. The monoisotopic (exact) mass is 466 g/mol. The summed E-state index contributed by atoms with van der Waals surface area (Å²) in [6.07, 6.45) is 1.58. The number of imide groups is 1. The van der Waals surface area contributed by atoms with Gasteiger partial charge in [0.1, 0.15) is 18.1 Å². The van der Waals surface area contributed by atoms with Crippen molar-refractivity contribution in [2.45, 2.75) is 13.2 Å². The molecule has 0 saturated carbocycles. The fourth-order valence-electron chi connectivity index (χ4n) is 3.29. The van der Waals surface area contributed by atoms with Gasteiger partial charge >= 0.3 is 6.03 Å². The van der Waals surface area contributed by atoms with Crippen LogP contribution in [0.5, 0.6) is 11.5 Å². The Bertz CT molecular complexity index is 1210. The fraction of sp³-hybridized carbons (Fsp3) is 0.120. The molecule has 33 heavy (non-hydrogen) atoms. The molecule has 0 bridgehead atoms. The van der Waals surface area contributed by atoms with Crippen LogP contribution in [0.15, 0.2) is 72.4 Å². The van der Waals surface area contributed by atoms with Crippen LogP contribution in [-0.4, -0.2) is 23.9 Å². The average molecular weight is 467 g/mol. The van der Waals surface area contributed by atoms with Crippen LogP contribution in [0.4, 0.5) is 9.18 Å². The Kier molecular flexibility index (Phi) is 6.60. The zero-order valence-corrected chi connectivity index (χ0v) is 18.4. The molecule has 3 aromatic carbocycles. The maximum absolute atomic E-state index is 13.1. The Hall–Kier alpha value is -3.84. The lowest BCUT2D eigenvalue weighted by Gasteiger charge is -2.12. The zero-order chi connectivity index (χ0) is 23.4. The molecule has 0 aromatic heterocycles. The zero-order valence-electron chi connectivity index (χ0n) is 17.7. The van der Waals surface area contributed by atoms with Crippen molar-refractivity contribution in [3.63, 3.8) is 0 Å². The van der Waals surface area contributed by atoms with Gasteiger partial charge in [-0.2, -0.15) is 0 Å². The van der Waals surface area contributed by atoms with Gasteiger partial charge in [0, 0.05) is 5.02 Å². The van der Waals surface area contributed by atoms with Crippen molar-refractivity contribution in [3.05, 3.63) is 100.0 Å². The van der Waals surface area contributed by atoms with Crippen LogP contribution in [-0.2, 0) is 17.9 Å². The van der Waals surface area contributed by atoms with Gasteiger partial charge < -0.3 is 14.8 Å². The fourth-order valence-corrected chi connectivity index (χ4v) is 3.42. The first-order chi connectivity index (χ1) is 15.9. The smallest absolute Gasteiger partial charge is 0.329 e. The van der Waals surface area contributed by atoms with Crippen molar-refractivity contribution in [2.75, 3.05) is 7.11 Å². The van der Waals surface area contributed by atoms with Crippen molar-refractivity contribution in [2.24, 2.45) is 0 Å². The van der Waals surface area contributed by atoms with Crippen molar-refractivity contribution in [3.8, 4) is 11.5 Å². The number of carbonyl (C=O) groups excluding carboxylic acids is 2. The van der Waals surface area contributed by atoms with Gasteiger partial charge in [0.25, 0.3) is 5.91 Å². The van der Waals surface area contributed by atoms with Crippen LogP contribution >= 0.6 is 11.6 Å². The summed E-state index contributed by atoms with van der Waals surface area (Å²) in [5, 5.41) is 3.19. The van der Waals surface area contributed by atoms with E-state index < -0.39 is 11.9 Å². The molecule has 1 N–H and O–H groups in total. The van der Waals surface area contributed by atoms with Crippen molar-refractivity contribution in [1.82, 2.24) is 10.2 Å². The molecule has 0 spiro atoms. The van der Waals surface area contributed by atoms with Gasteiger partial charge in [0.05, 0.1) is 13.7 Å². The Morgan fingerprint density at radius 1 is 0.970 bits per heavy atom. The van der Waals surface area contributed by atoms with Crippen LogP contribution < -0.4 is 14.8 Å². The molecule has 3 aromatic rings. The van der Waals surface area contributed by atoms with Gasteiger partial charge in [-0.25, -0.2) is 9.18 Å². The van der Waals surface area contributed by atoms with Gasteiger partial charge in [-0.1, -0.05) is 41.9 Å². The van der Waals surface area contributed by atoms with Gasteiger partial charge in [0.15, 0.2) is 11.5 Å². The third-order valence-electron chi connectivity index (χ3n) is 5.02. The first kappa shape index (κ1) is 22.4. The van der Waals surface area contributed by atoms with Crippen molar-refractivity contribution >= 4 is 29.6 Å². The number of nitrogens with zero attached hydrogens (tertiary/aromatic N) is 1. The maximum Gasteiger partial charge on any atom is 0.329 e. The number of amides is 3. The molecule has 1 aliphatic heterocycles. The number of urea groups is 1. The number of carbonyl (C=O) groups is 2. The lowest BCUT2D eigenvalue weighted by Crippen LogP contribution is -2.30. The Labute approximate surface area is 195 Å². The number of nitrogens with one attached hydrogen (secondary N) is 1. The number of hydrogen-bond acceptors (Lipinski definition) is 4. The summed E-state index contributed by atoms with van der Waals surface area (Å²) in [4.78, 5) is 26.2. The predicted molar refractivity (Wildman–Crippen MR) is 122 cm³/mol. The van der Waals surface area contributed by atoms with Crippen LogP contribution in [0.25, 0.3) is 6.08 Å². The summed E-state index contributed by atoms with van der Waals surface area (Å²) < 4.78 is 24.2. The molecule has 3 amide bonds. The molecule has 168 valence electrons. The van der Waals surface area contributed by atoms with E-state index in [1.54, 1.807) is 60.7 Å². The highest BCUT2D eigenvalue weighted by Crippen LogP contribution is 2.30. The molecule has 0 aliphatic carbocycles. The third-order valence-corrected chi connectivity index (χ3v) is 5.27. The molecule has 1 heterocycles.